The molecule has 0 atom stereocenters. The van der Waals surface area contributed by atoms with Crippen molar-refractivity contribution in [1.82, 2.24) is 28.1 Å². The molecule has 6 heterocycles. The highest BCUT2D eigenvalue weighted by Gasteiger charge is 2.45. The Bertz CT molecular complexity index is 3410. The van der Waals surface area contributed by atoms with Crippen LogP contribution in [0, 0.1) is 24.8 Å². The van der Waals surface area contributed by atoms with Gasteiger partial charge in [0.05, 0.1) is 45.0 Å². The van der Waals surface area contributed by atoms with Crippen LogP contribution in [-0.2, 0) is 14.1 Å². The number of rotatable bonds is 6. The van der Waals surface area contributed by atoms with Gasteiger partial charge in [0.1, 0.15) is 40.5 Å². The van der Waals surface area contributed by atoms with E-state index in [0.29, 0.717) is 61.8 Å². The van der Waals surface area contributed by atoms with Crippen LogP contribution >= 0.6 is 0 Å². The molecule has 0 unspecified atom stereocenters. The van der Waals surface area contributed by atoms with Crippen LogP contribution in [0.5, 0.6) is 23.0 Å². The van der Waals surface area contributed by atoms with Crippen molar-refractivity contribution in [3.8, 4) is 40.3 Å². The fraction of sp³-hybridized carbons (Fsp3) is 0.125. The molecule has 62 heavy (non-hydrogen) atoms. The zero-order valence-corrected chi connectivity index (χ0v) is 34.5. The molecule has 2 aliphatic heterocycles. The Morgan fingerprint density at radius 3 is 1.65 bits per heavy atom. The Balaban J connectivity index is 1.42. The van der Waals surface area contributed by atoms with Crippen LogP contribution in [0.2, 0.25) is 0 Å². The average Bonchev–Trinajstić information content (AvgIpc) is 4.14. The first-order valence-corrected chi connectivity index (χ1v) is 20.4. The Hall–Kier alpha value is -8.09. The number of imidazole rings is 2. The lowest BCUT2D eigenvalue weighted by atomic mass is 9.99. The summed E-state index contributed by atoms with van der Waals surface area (Å²) in [5.41, 5.74) is 6.99. The van der Waals surface area contributed by atoms with Crippen molar-refractivity contribution >= 4 is 58.6 Å². The van der Waals surface area contributed by atoms with Crippen molar-refractivity contribution in [3.63, 3.8) is 0 Å². The molecule has 0 fully saturated rings. The molecule has 0 spiro atoms. The summed E-state index contributed by atoms with van der Waals surface area (Å²) in [6.45, 7) is 15.3. The van der Waals surface area contributed by atoms with Crippen molar-refractivity contribution in [1.29, 1.82) is 5.26 Å². The molecule has 0 N–H and O–H groups in total. The molecule has 11 rings (SSSR count). The zero-order valence-electron chi connectivity index (χ0n) is 34.5. The monoisotopic (exact) mass is 810 g/mol. The minimum Gasteiger partial charge on any atom is -0.503 e. The third-order valence-corrected chi connectivity index (χ3v) is 11.9. The molecule has 5 aromatic carbocycles. The third-order valence-electron chi connectivity index (χ3n) is 11.9. The second-order valence-electron chi connectivity index (χ2n) is 15.8. The number of para-hydroxylation sites is 8. The Labute approximate surface area is 356 Å². The first-order chi connectivity index (χ1) is 30.3. The second kappa shape index (κ2) is 14.0. The largest absolute Gasteiger partial charge is 0.743 e. The molecular formula is C48H36B2N8O4. The van der Waals surface area contributed by atoms with Crippen molar-refractivity contribution in [3.05, 3.63) is 166 Å². The molecule has 0 aliphatic carbocycles. The molecule has 0 saturated heterocycles. The van der Waals surface area contributed by atoms with E-state index in [9.17, 15) is 5.26 Å². The van der Waals surface area contributed by atoms with E-state index < -0.39 is 14.5 Å². The van der Waals surface area contributed by atoms with Gasteiger partial charge in [-0.2, -0.15) is 5.26 Å². The molecule has 0 saturated carbocycles. The molecule has 4 aromatic heterocycles. The molecule has 0 amide bonds. The molecular weight excluding hydrogens is 774 g/mol. The van der Waals surface area contributed by atoms with Gasteiger partial charge in [-0.1, -0.05) is 86.6 Å². The van der Waals surface area contributed by atoms with E-state index >= 15 is 0 Å². The van der Waals surface area contributed by atoms with E-state index in [0.717, 1.165) is 38.9 Å². The number of fused-ring (bicyclic) bond motifs is 5. The fourth-order valence-electron chi connectivity index (χ4n) is 9.14. The average molecular weight is 810 g/mol. The second-order valence-corrected chi connectivity index (χ2v) is 15.8. The van der Waals surface area contributed by atoms with Gasteiger partial charge >= 0.3 is 14.5 Å². The Morgan fingerprint density at radius 2 is 1.13 bits per heavy atom. The highest BCUT2D eigenvalue weighted by atomic mass is 16.6. The van der Waals surface area contributed by atoms with Gasteiger partial charge in [0.15, 0.2) is 5.82 Å². The maximum absolute atomic E-state index is 11.6. The first-order valence-electron chi connectivity index (χ1n) is 20.4. The highest BCUT2D eigenvalue weighted by molar-refractivity contribution is 6.49. The highest BCUT2D eigenvalue weighted by Crippen LogP contribution is 2.41. The van der Waals surface area contributed by atoms with E-state index in [1.807, 2.05) is 141 Å². The van der Waals surface area contributed by atoms with Gasteiger partial charge in [0.2, 0.25) is 0 Å². The summed E-state index contributed by atoms with van der Waals surface area (Å²) in [5, 5.41) is 14.0. The van der Waals surface area contributed by atoms with Crippen LogP contribution < -0.4 is 29.3 Å². The van der Waals surface area contributed by atoms with Crippen molar-refractivity contribution in [2.75, 3.05) is 0 Å². The smallest absolute Gasteiger partial charge is 0.503 e. The summed E-state index contributed by atoms with van der Waals surface area (Å²) < 4.78 is 34.8. The van der Waals surface area contributed by atoms with Crippen molar-refractivity contribution < 1.29 is 18.6 Å². The molecule has 2 aliphatic rings. The molecule has 14 heteroatoms. The Kier molecular flexibility index (Phi) is 8.34. The maximum Gasteiger partial charge on any atom is 0.743 e. The van der Waals surface area contributed by atoms with E-state index in [-0.39, 0.29) is 17.2 Å². The Morgan fingerprint density at radius 1 is 0.645 bits per heavy atom. The number of nitrogens with zero attached hydrogens (tertiary/aromatic N) is 8. The van der Waals surface area contributed by atoms with Crippen LogP contribution in [0.1, 0.15) is 42.7 Å². The van der Waals surface area contributed by atoms with Crippen LogP contribution in [0.4, 0.5) is 0 Å². The van der Waals surface area contributed by atoms with E-state index in [1.54, 1.807) is 0 Å². The van der Waals surface area contributed by atoms with Crippen LogP contribution in [0.15, 0.2) is 121 Å². The lowest BCUT2D eigenvalue weighted by molar-refractivity contribution is 0.473. The topological polar surface area (TPSA) is 111 Å². The minimum atomic E-state index is -1.07. The summed E-state index contributed by atoms with van der Waals surface area (Å²) in [6.07, 6.45) is 0. The van der Waals surface area contributed by atoms with Gasteiger partial charge in [-0.15, -0.1) is 0 Å². The number of benzene rings is 5. The molecule has 0 radical (unpaired) electrons. The minimum absolute atomic E-state index is 0.225. The van der Waals surface area contributed by atoms with Crippen LogP contribution in [-0.4, -0.2) is 42.6 Å². The lowest BCUT2D eigenvalue weighted by Gasteiger charge is -2.18. The van der Waals surface area contributed by atoms with Crippen molar-refractivity contribution in [2.45, 2.75) is 26.7 Å². The van der Waals surface area contributed by atoms with Crippen LogP contribution in [0.25, 0.3) is 60.2 Å². The fourth-order valence-corrected chi connectivity index (χ4v) is 9.14. The molecule has 12 nitrogen and oxygen atoms in total. The summed E-state index contributed by atoms with van der Waals surface area (Å²) in [6, 6.07) is 41.4. The van der Waals surface area contributed by atoms with Crippen LogP contribution in [0.3, 0.4) is 0 Å². The summed E-state index contributed by atoms with van der Waals surface area (Å²) in [5.74, 6) is 2.95. The zero-order chi connectivity index (χ0) is 42.4. The van der Waals surface area contributed by atoms with Gasteiger partial charge in [-0.3, -0.25) is 0 Å². The summed E-state index contributed by atoms with van der Waals surface area (Å²) in [7, 11) is 1.74. The number of hydrogen-bond donors (Lipinski definition) is 0. The maximum atomic E-state index is 11.6. The van der Waals surface area contributed by atoms with Gasteiger partial charge in [0, 0.05) is 36.1 Å². The third kappa shape index (κ3) is 5.33. The van der Waals surface area contributed by atoms with Gasteiger partial charge in [0.25, 0.3) is 5.70 Å². The summed E-state index contributed by atoms with van der Waals surface area (Å²) in [4.78, 5) is 14.6. The predicted molar refractivity (Wildman–Crippen MR) is 240 cm³/mol. The van der Waals surface area contributed by atoms with Gasteiger partial charge < -0.3 is 36.7 Å². The molecule has 298 valence electrons. The van der Waals surface area contributed by atoms with E-state index in [4.69, 9.17) is 35.2 Å². The normalized spacial score (nSPS) is 14.0. The predicted octanol–water partition coefficient (Wildman–Crippen LogP) is 7.72. The number of aromatic nitrogens is 6. The number of hydrogen-bond acceptors (Lipinski definition) is 7. The molecule has 9 aromatic rings. The lowest BCUT2D eigenvalue weighted by Crippen LogP contribution is -2.45. The van der Waals surface area contributed by atoms with Gasteiger partial charge in [-0.05, 0) is 66.9 Å². The van der Waals surface area contributed by atoms with Gasteiger partial charge in [-0.25, -0.2) is 14.8 Å². The SMILES string of the molecule is [C-]#[N+]/C(c1nc2ccccc2n1C)=c1\c2c(C(C)C)n(B3Oc4ccccc4O3)/c(=C(/C#N)c3nc4ccccc4n3C)c2c(-c2ccccc2C)n1B1Oc2ccccc2O1. The first kappa shape index (κ1) is 36.9. The molecule has 0 bridgehead atoms. The summed E-state index contributed by atoms with van der Waals surface area (Å²) >= 11 is 0. The van der Waals surface area contributed by atoms with E-state index in [2.05, 4.69) is 43.8 Å². The number of nitriles is 1. The standard InChI is InChI=1S/C48H36B2N8O4/c1-28(2)43-40-41(45(57(43)49-59-36-23-13-14-24-37(36)60-49)31(27-51)47-53-32-19-9-11-21-34(32)55(47)5)44(30-18-8-7-17-29(30)3)58(50-61-38-25-15-16-26-39(38)62-50)46(40)42(52-4)48-54-33-20-10-12-22-35(33)56(48)6/h7-26,28H,1-3,5-6H3/b45-31-,46-42+. The quantitative estimate of drug-likeness (QED) is 0.125. The number of aryl methyl sites for hydroxylation is 3. The van der Waals surface area contributed by atoms with E-state index in [1.165, 1.54) is 0 Å². The van der Waals surface area contributed by atoms with Crippen molar-refractivity contribution in [2.24, 2.45) is 14.1 Å².